The summed E-state index contributed by atoms with van der Waals surface area (Å²) in [5.74, 6) is -1.50. The molecule has 1 heterocycles. The van der Waals surface area contributed by atoms with Crippen LogP contribution >= 0.6 is 0 Å². The number of methoxy groups -OCH3 is 1. The number of ether oxygens (including phenoxy) is 3. The maximum Gasteiger partial charge on any atom is 0.413 e. The number of nitrogens with zero attached hydrogens (tertiary/aromatic N) is 1. The van der Waals surface area contributed by atoms with Gasteiger partial charge in [-0.15, -0.1) is 0 Å². The van der Waals surface area contributed by atoms with Crippen LogP contribution in [0.1, 0.15) is 41.5 Å². The van der Waals surface area contributed by atoms with Crippen LogP contribution in [-0.4, -0.2) is 53.0 Å². The fourth-order valence-corrected chi connectivity index (χ4v) is 1.99. The van der Waals surface area contributed by atoms with E-state index < -0.39 is 29.2 Å². The zero-order valence-corrected chi connectivity index (χ0v) is 12.8. The van der Waals surface area contributed by atoms with Crippen LogP contribution in [0.25, 0.3) is 0 Å². The Morgan fingerprint density at radius 1 is 1.37 bits per heavy atom. The molecule has 0 radical (unpaired) electrons. The monoisotopic (exact) mass is 275 g/mol. The van der Waals surface area contributed by atoms with Crippen molar-refractivity contribution >= 4 is 6.09 Å². The molecule has 0 aromatic rings. The van der Waals surface area contributed by atoms with Gasteiger partial charge in [0.05, 0.1) is 6.61 Å². The molecule has 1 saturated heterocycles. The summed E-state index contributed by atoms with van der Waals surface area (Å²) in [4.78, 5) is 13.7. The van der Waals surface area contributed by atoms with Crippen LogP contribution in [0.4, 0.5) is 4.79 Å². The largest absolute Gasteiger partial charge is 0.444 e. The van der Waals surface area contributed by atoms with E-state index in [2.05, 4.69) is 0 Å². The first-order valence-electron chi connectivity index (χ1n) is 6.34. The topological polar surface area (TPSA) is 68.2 Å². The maximum absolute atomic E-state index is 12.3. The van der Waals surface area contributed by atoms with Gasteiger partial charge in [0.2, 0.25) is 0 Å². The molecule has 0 spiro atoms. The first-order valence-corrected chi connectivity index (χ1v) is 6.34. The molecule has 1 unspecified atom stereocenters. The Morgan fingerprint density at radius 2 is 1.89 bits per heavy atom. The molecule has 1 rings (SSSR count). The highest BCUT2D eigenvalue weighted by molar-refractivity contribution is 5.70. The summed E-state index contributed by atoms with van der Waals surface area (Å²) in [5.41, 5.74) is -1.46. The predicted molar refractivity (Wildman–Crippen MR) is 69.5 cm³/mol. The Hall–Kier alpha value is -0.850. The van der Waals surface area contributed by atoms with Crippen LogP contribution in [0.5, 0.6) is 0 Å². The second-order valence-corrected chi connectivity index (χ2v) is 6.38. The number of aliphatic hydroxyl groups is 1. The van der Waals surface area contributed by atoms with Gasteiger partial charge < -0.3 is 19.3 Å². The lowest BCUT2D eigenvalue weighted by molar-refractivity contribution is -0.207. The van der Waals surface area contributed by atoms with Crippen molar-refractivity contribution in [2.24, 2.45) is 0 Å². The first-order chi connectivity index (χ1) is 8.41. The van der Waals surface area contributed by atoms with E-state index in [1.165, 1.54) is 18.9 Å². The summed E-state index contributed by atoms with van der Waals surface area (Å²) in [5, 5.41) is 10.2. The third kappa shape index (κ3) is 3.58. The van der Waals surface area contributed by atoms with Crippen molar-refractivity contribution in [2.75, 3.05) is 13.7 Å². The van der Waals surface area contributed by atoms with Gasteiger partial charge in [-0.25, -0.2) is 4.79 Å². The maximum atomic E-state index is 12.3. The number of carbonyl (C=O) groups is 1. The number of hydrogen-bond acceptors (Lipinski definition) is 5. The number of amides is 1. The third-order valence-corrected chi connectivity index (χ3v) is 3.11. The normalized spacial score (nSPS) is 26.1. The average Bonchev–Trinajstić information content (AvgIpc) is 2.52. The smallest absolute Gasteiger partial charge is 0.413 e. The predicted octanol–water partition coefficient (Wildman–Crippen LogP) is 1.71. The molecule has 6 heteroatoms. The molecule has 6 nitrogen and oxygen atoms in total. The Bertz CT molecular complexity index is 345. The number of carbonyl (C=O) groups excluding carboxylic acids is 1. The molecule has 0 saturated carbocycles. The minimum atomic E-state index is -1.50. The van der Waals surface area contributed by atoms with Gasteiger partial charge in [0.25, 0.3) is 0 Å². The van der Waals surface area contributed by atoms with Gasteiger partial charge in [0, 0.05) is 7.11 Å². The number of rotatable bonds is 2. The average molecular weight is 275 g/mol. The lowest BCUT2D eigenvalue weighted by atomic mass is 10.1. The van der Waals surface area contributed by atoms with Crippen LogP contribution in [0.15, 0.2) is 0 Å². The second-order valence-electron chi connectivity index (χ2n) is 6.38. The summed E-state index contributed by atoms with van der Waals surface area (Å²) in [6.07, 6.45) is -0.530. The molecule has 1 N–H and O–H groups in total. The van der Waals surface area contributed by atoms with Crippen molar-refractivity contribution in [3.05, 3.63) is 0 Å². The van der Waals surface area contributed by atoms with Gasteiger partial charge >= 0.3 is 6.09 Å². The minimum absolute atomic E-state index is 0.188. The van der Waals surface area contributed by atoms with Gasteiger partial charge in [-0.2, -0.15) is 0 Å². The molecular formula is C13H25NO5. The van der Waals surface area contributed by atoms with E-state index in [0.717, 1.165) is 0 Å². The third-order valence-electron chi connectivity index (χ3n) is 3.11. The van der Waals surface area contributed by atoms with Gasteiger partial charge in [0.15, 0.2) is 5.79 Å². The van der Waals surface area contributed by atoms with E-state index in [9.17, 15) is 9.90 Å². The lowest BCUT2D eigenvalue weighted by Gasteiger charge is -2.39. The van der Waals surface area contributed by atoms with Gasteiger partial charge in [0.1, 0.15) is 17.4 Å². The Labute approximate surface area is 114 Å². The van der Waals surface area contributed by atoms with Crippen LogP contribution in [0.2, 0.25) is 0 Å². The molecule has 1 amide bonds. The quantitative estimate of drug-likeness (QED) is 0.777. The molecule has 112 valence electrons. The molecule has 0 bridgehead atoms. The summed E-state index contributed by atoms with van der Waals surface area (Å²) in [6.45, 7) is 10.6. The lowest BCUT2D eigenvalue weighted by Crippen LogP contribution is -2.57. The highest BCUT2D eigenvalue weighted by atomic mass is 16.6. The van der Waals surface area contributed by atoms with Crippen molar-refractivity contribution in [3.63, 3.8) is 0 Å². The van der Waals surface area contributed by atoms with Crippen LogP contribution in [0, 0.1) is 0 Å². The van der Waals surface area contributed by atoms with Gasteiger partial charge in [-0.05, 0) is 41.5 Å². The Balaban J connectivity index is 3.00. The molecule has 0 aromatic heterocycles. The highest BCUT2D eigenvalue weighted by Gasteiger charge is 2.52. The Kier molecular flexibility index (Phi) is 4.20. The summed E-state index contributed by atoms with van der Waals surface area (Å²) < 4.78 is 16.0. The number of hydrogen-bond donors (Lipinski definition) is 1. The molecule has 1 fully saturated rings. The fraction of sp³-hybridized carbons (Fsp3) is 0.923. The highest BCUT2D eigenvalue weighted by Crippen LogP contribution is 2.34. The molecule has 1 aliphatic heterocycles. The fourth-order valence-electron chi connectivity index (χ4n) is 1.99. The molecule has 2 atom stereocenters. The molecule has 19 heavy (non-hydrogen) atoms. The minimum Gasteiger partial charge on any atom is -0.444 e. The standard InChI is InChI=1S/C13H25NO5/c1-11(2,3)19-10(15)14-9(13(6,16)17-7)8-18-12(14,4)5/h9,16H,8H2,1-7H3/t9-,13?/m0/s1. The van der Waals surface area contributed by atoms with E-state index >= 15 is 0 Å². The van der Waals surface area contributed by atoms with Crippen molar-refractivity contribution in [1.29, 1.82) is 0 Å². The molecule has 0 aromatic carbocycles. The van der Waals surface area contributed by atoms with Crippen molar-refractivity contribution < 1.29 is 24.1 Å². The van der Waals surface area contributed by atoms with Crippen molar-refractivity contribution in [2.45, 2.75) is 64.7 Å². The summed E-state index contributed by atoms with van der Waals surface area (Å²) >= 11 is 0. The Morgan fingerprint density at radius 3 is 2.32 bits per heavy atom. The van der Waals surface area contributed by atoms with E-state index in [1.807, 2.05) is 0 Å². The van der Waals surface area contributed by atoms with Crippen molar-refractivity contribution in [3.8, 4) is 0 Å². The van der Waals surface area contributed by atoms with E-state index in [0.29, 0.717) is 0 Å². The zero-order valence-electron chi connectivity index (χ0n) is 12.8. The van der Waals surface area contributed by atoms with E-state index in [4.69, 9.17) is 14.2 Å². The van der Waals surface area contributed by atoms with Gasteiger partial charge in [-0.1, -0.05) is 0 Å². The van der Waals surface area contributed by atoms with Crippen LogP contribution in [0.3, 0.4) is 0 Å². The SMILES string of the molecule is COC(C)(O)[C@@H]1COC(C)(C)N1C(=O)OC(C)(C)C. The molecular weight excluding hydrogens is 250 g/mol. The van der Waals surface area contributed by atoms with Gasteiger partial charge in [-0.3, -0.25) is 4.90 Å². The summed E-state index contributed by atoms with van der Waals surface area (Å²) in [6, 6.07) is -0.623. The molecule has 0 aliphatic carbocycles. The van der Waals surface area contributed by atoms with Crippen LogP contribution < -0.4 is 0 Å². The summed E-state index contributed by atoms with van der Waals surface area (Å²) in [7, 11) is 1.39. The van der Waals surface area contributed by atoms with Crippen LogP contribution in [-0.2, 0) is 14.2 Å². The zero-order chi connectivity index (χ0) is 15.1. The van der Waals surface area contributed by atoms with E-state index in [-0.39, 0.29) is 6.61 Å². The first kappa shape index (κ1) is 16.2. The van der Waals surface area contributed by atoms with E-state index in [1.54, 1.807) is 34.6 Å². The molecule has 1 aliphatic rings. The van der Waals surface area contributed by atoms with Crippen molar-refractivity contribution in [1.82, 2.24) is 4.90 Å². The second kappa shape index (κ2) is 4.92.